The largest absolute Gasteiger partial charge is 0.452 e. The van der Waals surface area contributed by atoms with Gasteiger partial charge in [0.25, 0.3) is 5.91 Å². The number of ether oxygens (including phenoxy) is 1. The average Bonchev–Trinajstić information content (AvgIpc) is 3.28. The van der Waals surface area contributed by atoms with E-state index in [4.69, 9.17) is 4.74 Å². The Morgan fingerprint density at radius 2 is 1.86 bits per heavy atom. The lowest BCUT2D eigenvalue weighted by molar-refractivity contribution is -0.122. The Hall–Kier alpha value is -3.15. The highest BCUT2D eigenvalue weighted by Gasteiger charge is 2.31. The second kappa shape index (κ2) is 7.46. The van der Waals surface area contributed by atoms with Crippen molar-refractivity contribution in [2.24, 2.45) is 0 Å². The molecule has 0 spiro atoms. The first-order valence-corrected chi connectivity index (χ1v) is 9.52. The fourth-order valence-corrected chi connectivity index (χ4v) is 3.92. The van der Waals surface area contributed by atoms with E-state index >= 15 is 0 Å². The molecule has 2 aliphatic heterocycles. The predicted molar refractivity (Wildman–Crippen MR) is 105 cm³/mol. The van der Waals surface area contributed by atoms with E-state index in [1.165, 1.54) is 0 Å². The lowest BCUT2D eigenvalue weighted by Crippen LogP contribution is -2.38. The van der Waals surface area contributed by atoms with Crippen LogP contribution in [0.15, 0.2) is 48.5 Å². The number of carbonyl (C=O) groups excluding carboxylic acids is 3. The Morgan fingerprint density at radius 1 is 1.11 bits per heavy atom. The molecule has 6 heteroatoms. The third-order valence-corrected chi connectivity index (χ3v) is 5.29. The van der Waals surface area contributed by atoms with Crippen molar-refractivity contribution in [3.8, 4) is 0 Å². The number of hydrogen-bond donors (Lipinski definition) is 0. The highest BCUT2D eigenvalue weighted by Crippen LogP contribution is 2.31. The molecule has 2 aliphatic rings. The molecule has 6 nitrogen and oxygen atoms in total. The van der Waals surface area contributed by atoms with Crippen LogP contribution in [-0.4, -0.2) is 37.0 Å². The van der Waals surface area contributed by atoms with Gasteiger partial charge in [0.1, 0.15) is 0 Å². The first-order valence-electron chi connectivity index (χ1n) is 9.52. The third-order valence-electron chi connectivity index (χ3n) is 5.29. The number of fused-ring (bicyclic) bond motifs is 1. The van der Waals surface area contributed by atoms with Gasteiger partial charge in [0, 0.05) is 30.4 Å². The van der Waals surface area contributed by atoms with Crippen molar-refractivity contribution in [2.75, 3.05) is 23.0 Å². The molecule has 2 heterocycles. The summed E-state index contributed by atoms with van der Waals surface area (Å²) in [7, 11) is 0. The van der Waals surface area contributed by atoms with Crippen LogP contribution in [0.4, 0.5) is 11.4 Å². The quantitative estimate of drug-likeness (QED) is 0.767. The maximum Gasteiger partial charge on any atom is 0.338 e. The van der Waals surface area contributed by atoms with Crippen molar-refractivity contribution >= 4 is 29.2 Å². The Balaban J connectivity index is 1.38. The third kappa shape index (κ3) is 3.38. The van der Waals surface area contributed by atoms with E-state index in [0.717, 1.165) is 29.8 Å². The summed E-state index contributed by atoms with van der Waals surface area (Å²) >= 11 is 0. The summed E-state index contributed by atoms with van der Waals surface area (Å²) in [5.41, 5.74) is 3.15. The van der Waals surface area contributed by atoms with Gasteiger partial charge < -0.3 is 14.5 Å². The summed E-state index contributed by atoms with van der Waals surface area (Å²) in [5.74, 6) is -0.682. The zero-order valence-electron chi connectivity index (χ0n) is 15.8. The molecule has 2 aromatic rings. The van der Waals surface area contributed by atoms with Gasteiger partial charge in [-0.05, 0) is 55.7 Å². The standard InChI is InChI=1S/C22H22N2O4/c1-15-13-17-5-2-3-6-19(17)24(15)21(26)14-28-22(27)16-8-10-18(11-9-16)23-12-4-7-20(23)25/h2-3,5-6,8-11,15H,4,7,12-14H2,1H3/t15-/m1/s1. The number of amides is 2. The highest BCUT2D eigenvalue weighted by atomic mass is 16.5. The Bertz CT molecular complexity index is 922. The molecular formula is C22H22N2O4. The van der Waals surface area contributed by atoms with E-state index in [2.05, 4.69) is 0 Å². The molecule has 1 atom stereocenters. The topological polar surface area (TPSA) is 66.9 Å². The summed E-state index contributed by atoms with van der Waals surface area (Å²) in [6.45, 7) is 2.38. The van der Waals surface area contributed by atoms with E-state index in [-0.39, 0.29) is 24.5 Å². The van der Waals surface area contributed by atoms with Gasteiger partial charge in [-0.2, -0.15) is 0 Å². The number of anilines is 2. The fraction of sp³-hybridized carbons (Fsp3) is 0.318. The first kappa shape index (κ1) is 18.2. The highest BCUT2D eigenvalue weighted by molar-refractivity contribution is 5.99. The van der Waals surface area contributed by atoms with Gasteiger partial charge in [0.05, 0.1) is 5.56 Å². The van der Waals surface area contributed by atoms with Gasteiger partial charge in [-0.25, -0.2) is 4.79 Å². The Kier molecular flexibility index (Phi) is 4.86. The van der Waals surface area contributed by atoms with Crippen LogP contribution in [0.25, 0.3) is 0 Å². The lowest BCUT2D eigenvalue weighted by Gasteiger charge is -2.22. The van der Waals surface area contributed by atoms with E-state index < -0.39 is 5.97 Å². The second-order valence-electron chi connectivity index (χ2n) is 7.22. The van der Waals surface area contributed by atoms with Gasteiger partial charge in [0.15, 0.2) is 6.61 Å². The van der Waals surface area contributed by atoms with Crippen LogP contribution in [0.5, 0.6) is 0 Å². The molecule has 1 saturated heterocycles. The minimum absolute atomic E-state index is 0.0425. The Morgan fingerprint density at radius 3 is 2.57 bits per heavy atom. The molecule has 0 aliphatic carbocycles. The number of nitrogens with zero attached hydrogens (tertiary/aromatic N) is 2. The number of esters is 1. The van der Waals surface area contributed by atoms with Gasteiger partial charge in [-0.15, -0.1) is 0 Å². The van der Waals surface area contributed by atoms with Crippen molar-refractivity contribution in [3.63, 3.8) is 0 Å². The molecule has 2 aromatic carbocycles. The number of benzene rings is 2. The molecule has 144 valence electrons. The normalized spacial score (nSPS) is 18.3. The maximum absolute atomic E-state index is 12.6. The van der Waals surface area contributed by atoms with Crippen molar-refractivity contribution in [2.45, 2.75) is 32.2 Å². The number of carbonyl (C=O) groups is 3. The monoisotopic (exact) mass is 378 g/mol. The van der Waals surface area contributed by atoms with Crippen molar-refractivity contribution in [1.29, 1.82) is 0 Å². The van der Waals surface area contributed by atoms with Crippen LogP contribution in [0.2, 0.25) is 0 Å². The van der Waals surface area contributed by atoms with Crippen LogP contribution in [-0.2, 0) is 20.7 Å². The maximum atomic E-state index is 12.6. The molecule has 0 saturated carbocycles. The average molecular weight is 378 g/mol. The molecule has 4 rings (SSSR count). The second-order valence-corrected chi connectivity index (χ2v) is 7.22. The smallest absolute Gasteiger partial charge is 0.338 e. The van der Waals surface area contributed by atoms with E-state index in [1.807, 2.05) is 31.2 Å². The zero-order chi connectivity index (χ0) is 19.7. The first-order chi connectivity index (χ1) is 13.5. The number of hydrogen-bond acceptors (Lipinski definition) is 4. The van der Waals surface area contributed by atoms with Crippen LogP contribution in [0.3, 0.4) is 0 Å². The molecule has 0 N–H and O–H groups in total. The minimum atomic E-state index is -0.548. The van der Waals surface area contributed by atoms with Gasteiger partial charge in [-0.3, -0.25) is 9.59 Å². The van der Waals surface area contributed by atoms with Crippen molar-refractivity contribution in [3.05, 3.63) is 59.7 Å². The van der Waals surface area contributed by atoms with E-state index in [1.54, 1.807) is 34.1 Å². The van der Waals surface area contributed by atoms with E-state index in [9.17, 15) is 14.4 Å². The summed E-state index contributed by atoms with van der Waals surface area (Å²) < 4.78 is 5.24. The molecule has 0 aromatic heterocycles. The molecule has 2 amide bonds. The fourth-order valence-electron chi connectivity index (χ4n) is 3.92. The summed E-state index contributed by atoms with van der Waals surface area (Å²) in [6.07, 6.45) is 2.21. The molecule has 0 unspecified atom stereocenters. The van der Waals surface area contributed by atoms with Gasteiger partial charge in [0.2, 0.25) is 5.91 Å². The van der Waals surface area contributed by atoms with E-state index in [0.29, 0.717) is 18.5 Å². The number of rotatable bonds is 4. The van der Waals surface area contributed by atoms with Crippen molar-refractivity contribution < 1.29 is 19.1 Å². The molecular weight excluding hydrogens is 356 g/mol. The molecule has 1 fully saturated rings. The van der Waals surface area contributed by atoms with Crippen LogP contribution in [0, 0.1) is 0 Å². The number of para-hydroxylation sites is 1. The van der Waals surface area contributed by atoms with Crippen molar-refractivity contribution in [1.82, 2.24) is 0 Å². The van der Waals surface area contributed by atoms with Gasteiger partial charge in [-0.1, -0.05) is 18.2 Å². The van der Waals surface area contributed by atoms with Crippen LogP contribution in [0.1, 0.15) is 35.7 Å². The Labute approximate surface area is 163 Å². The summed E-state index contributed by atoms with van der Waals surface area (Å²) in [4.78, 5) is 40.2. The molecule has 28 heavy (non-hydrogen) atoms. The molecule has 0 radical (unpaired) electrons. The zero-order valence-corrected chi connectivity index (χ0v) is 15.8. The minimum Gasteiger partial charge on any atom is -0.452 e. The summed E-state index contributed by atoms with van der Waals surface area (Å²) in [5, 5.41) is 0. The predicted octanol–water partition coefficient (Wildman–Crippen LogP) is 2.95. The van der Waals surface area contributed by atoms with Gasteiger partial charge >= 0.3 is 5.97 Å². The SMILES string of the molecule is C[C@@H]1Cc2ccccc2N1C(=O)COC(=O)c1ccc(N2CCCC2=O)cc1. The van der Waals surface area contributed by atoms with Crippen LogP contribution >= 0.6 is 0 Å². The van der Waals surface area contributed by atoms with Crippen LogP contribution < -0.4 is 9.80 Å². The molecule has 0 bridgehead atoms. The lowest BCUT2D eigenvalue weighted by atomic mass is 10.1. The summed E-state index contributed by atoms with van der Waals surface area (Å²) in [6, 6.07) is 14.5.